The molecule has 1 aliphatic heterocycles. The van der Waals surface area contributed by atoms with Crippen molar-refractivity contribution in [2.45, 2.75) is 46.6 Å². The molecule has 0 radical (unpaired) electrons. The second-order valence-corrected chi connectivity index (χ2v) is 9.94. The zero-order chi connectivity index (χ0) is 26.7. The first-order valence-corrected chi connectivity index (χ1v) is 13.2. The van der Waals surface area contributed by atoms with Gasteiger partial charge in [0.25, 0.3) is 5.56 Å². The molecule has 1 aromatic heterocycles. The van der Waals surface area contributed by atoms with Gasteiger partial charge in [-0.2, -0.15) is 0 Å². The predicted molar refractivity (Wildman–Crippen MR) is 145 cm³/mol. The van der Waals surface area contributed by atoms with Crippen LogP contribution in [0.4, 0.5) is 0 Å². The highest BCUT2D eigenvalue weighted by molar-refractivity contribution is 7.07. The van der Waals surface area contributed by atoms with E-state index in [2.05, 4.69) is 31.0 Å². The van der Waals surface area contributed by atoms with Gasteiger partial charge in [0.2, 0.25) is 0 Å². The third-order valence-corrected chi connectivity index (χ3v) is 7.21. The van der Waals surface area contributed by atoms with Crippen molar-refractivity contribution < 1.29 is 19.0 Å². The van der Waals surface area contributed by atoms with Crippen LogP contribution < -0.4 is 24.4 Å². The highest BCUT2D eigenvalue weighted by atomic mass is 32.1. The Balaban J connectivity index is 1.97. The number of fused-ring (bicyclic) bond motifs is 1. The van der Waals surface area contributed by atoms with E-state index in [1.165, 1.54) is 16.9 Å². The fourth-order valence-electron chi connectivity index (χ4n) is 4.42. The molecule has 1 aliphatic rings. The number of hydrogen-bond donors (Lipinski definition) is 0. The molecule has 3 aromatic rings. The summed E-state index contributed by atoms with van der Waals surface area (Å²) in [5.74, 6) is 0.904. The number of rotatable bonds is 8. The Morgan fingerprint density at radius 3 is 2.49 bits per heavy atom. The number of para-hydroxylation sites is 1. The summed E-state index contributed by atoms with van der Waals surface area (Å²) >= 11 is 1.30. The lowest BCUT2D eigenvalue weighted by Gasteiger charge is -2.26. The number of methoxy groups -OCH3 is 1. The predicted octanol–water partition coefficient (Wildman–Crippen LogP) is 4.33. The molecule has 0 amide bonds. The van der Waals surface area contributed by atoms with Gasteiger partial charge >= 0.3 is 5.97 Å². The maximum atomic E-state index is 13.9. The number of benzene rings is 2. The van der Waals surface area contributed by atoms with Gasteiger partial charge in [-0.3, -0.25) is 9.36 Å². The molecule has 37 heavy (non-hydrogen) atoms. The van der Waals surface area contributed by atoms with Crippen molar-refractivity contribution in [2.75, 3.05) is 20.3 Å². The molecule has 2 heterocycles. The van der Waals surface area contributed by atoms with E-state index in [9.17, 15) is 9.59 Å². The summed E-state index contributed by atoms with van der Waals surface area (Å²) in [5, 5.41) is 0. The Kier molecular flexibility index (Phi) is 7.97. The minimum absolute atomic E-state index is 0.204. The molecule has 4 rings (SSSR count). The topological polar surface area (TPSA) is 79.1 Å². The second-order valence-electron chi connectivity index (χ2n) is 8.94. The van der Waals surface area contributed by atoms with E-state index >= 15 is 0 Å². The average Bonchev–Trinajstić information content (AvgIpc) is 3.18. The maximum absolute atomic E-state index is 13.9. The van der Waals surface area contributed by atoms with Gasteiger partial charge in [0, 0.05) is 5.56 Å². The van der Waals surface area contributed by atoms with Crippen molar-refractivity contribution >= 4 is 23.4 Å². The van der Waals surface area contributed by atoms with Crippen LogP contribution in [0, 0.1) is 0 Å². The molecule has 0 saturated carbocycles. The van der Waals surface area contributed by atoms with Crippen LogP contribution in [0.3, 0.4) is 0 Å². The highest BCUT2D eigenvalue weighted by Crippen LogP contribution is 2.40. The molecular formula is C29H32N2O5S. The Bertz CT molecular complexity index is 1510. The molecule has 1 atom stereocenters. The summed E-state index contributed by atoms with van der Waals surface area (Å²) in [6.07, 6.45) is 1.86. The minimum Gasteiger partial charge on any atom is -0.493 e. The fourth-order valence-corrected chi connectivity index (χ4v) is 5.47. The highest BCUT2D eigenvalue weighted by Gasteiger charge is 2.35. The van der Waals surface area contributed by atoms with E-state index in [1.807, 2.05) is 37.3 Å². The van der Waals surface area contributed by atoms with E-state index in [-0.39, 0.29) is 12.2 Å². The van der Waals surface area contributed by atoms with Gasteiger partial charge in [0.1, 0.15) is 6.04 Å². The number of nitrogens with zero attached hydrogens (tertiary/aromatic N) is 2. The number of aromatic nitrogens is 1. The largest absolute Gasteiger partial charge is 0.493 e. The summed E-state index contributed by atoms with van der Waals surface area (Å²) in [6, 6.07) is 12.8. The number of hydrogen-bond acceptors (Lipinski definition) is 7. The molecule has 0 N–H and O–H groups in total. The van der Waals surface area contributed by atoms with Crippen LogP contribution in [0.2, 0.25) is 0 Å². The molecule has 0 fully saturated rings. The molecule has 2 aromatic carbocycles. The number of esters is 1. The third-order valence-electron chi connectivity index (χ3n) is 6.23. The number of thiazole rings is 1. The lowest BCUT2D eigenvalue weighted by atomic mass is 9.94. The van der Waals surface area contributed by atoms with Crippen LogP contribution in [0.5, 0.6) is 11.5 Å². The number of allylic oxidation sites excluding steroid dienone is 1. The van der Waals surface area contributed by atoms with Gasteiger partial charge in [-0.1, -0.05) is 61.6 Å². The summed E-state index contributed by atoms with van der Waals surface area (Å²) in [4.78, 5) is 32.2. The molecule has 0 saturated heterocycles. The zero-order valence-corrected chi connectivity index (χ0v) is 22.8. The van der Waals surface area contributed by atoms with E-state index in [0.717, 1.165) is 5.56 Å². The zero-order valence-electron chi connectivity index (χ0n) is 22.0. The molecule has 194 valence electrons. The van der Waals surface area contributed by atoms with Crippen LogP contribution in [0.15, 0.2) is 63.5 Å². The van der Waals surface area contributed by atoms with Crippen molar-refractivity contribution in [2.24, 2.45) is 4.99 Å². The van der Waals surface area contributed by atoms with Crippen LogP contribution in [-0.4, -0.2) is 30.9 Å². The lowest BCUT2D eigenvalue weighted by molar-refractivity contribution is -0.139. The van der Waals surface area contributed by atoms with Gasteiger partial charge in [-0.05, 0) is 50.0 Å². The monoisotopic (exact) mass is 520 g/mol. The van der Waals surface area contributed by atoms with Gasteiger partial charge in [0.15, 0.2) is 16.3 Å². The molecule has 0 aliphatic carbocycles. The lowest BCUT2D eigenvalue weighted by Crippen LogP contribution is -2.40. The smallest absolute Gasteiger partial charge is 0.338 e. The first-order chi connectivity index (χ1) is 17.8. The third kappa shape index (κ3) is 5.11. The number of ether oxygens (including phenoxy) is 3. The molecule has 0 bridgehead atoms. The molecule has 0 spiro atoms. The van der Waals surface area contributed by atoms with Gasteiger partial charge < -0.3 is 14.2 Å². The number of carbonyl (C=O) groups is 1. The molecule has 8 heteroatoms. The van der Waals surface area contributed by atoms with E-state index in [1.54, 1.807) is 31.6 Å². The van der Waals surface area contributed by atoms with Crippen molar-refractivity contribution in [3.63, 3.8) is 0 Å². The maximum Gasteiger partial charge on any atom is 0.338 e. The SMILES string of the molecule is CCOC(=O)C1=C(C)N=c2s/c(=C/c3ccc(C(C)C)cc3)c(=O)n2[C@H]1c1cccc(OC)c1OCC. The van der Waals surface area contributed by atoms with Crippen molar-refractivity contribution in [1.29, 1.82) is 0 Å². The van der Waals surface area contributed by atoms with E-state index in [0.29, 0.717) is 50.2 Å². The average molecular weight is 521 g/mol. The van der Waals surface area contributed by atoms with E-state index in [4.69, 9.17) is 14.2 Å². The summed E-state index contributed by atoms with van der Waals surface area (Å²) in [5.41, 5.74) is 3.35. The minimum atomic E-state index is -0.780. The first kappa shape index (κ1) is 26.4. The van der Waals surface area contributed by atoms with Crippen LogP contribution in [0.1, 0.15) is 63.3 Å². The fraction of sp³-hybridized carbons (Fsp3) is 0.345. The van der Waals surface area contributed by atoms with Crippen molar-refractivity contribution in [1.82, 2.24) is 4.57 Å². The van der Waals surface area contributed by atoms with Crippen molar-refractivity contribution in [3.05, 3.63) is 90.1 Å². The first-order valence-electron chi connectivity index (χ1n) is 12.4. The Morgan fingerprint density at radius 1 is 1.14 bits per heavy atom. The summed E-state index contributed by atoms with van der Waals surface area (Å²) in [6.45, 7) is 10.3. The van der Waals surface area contributed by atoms with Crippen LogP contribution >= 0.6 is 11.3 Å². The molecule has 0 unspecified atom stereocenters. The van der Waals surface area contributed by atoms with E-state index < -0.39 is 12.0 Å². The summed E-state index contributed by atoms with van der Waals surface area (Å²) in [7, 11) is 1.56. The van der Waals surface area contributed by atoms with Crippen LogP contribution in [0.25, 0.3) is 6.08 Å². The summed E-state index contributed by atoms with van der Waals surface area (Å²) < 4.78 is 19.0. The normalized spacial score (nSPS) is 15.4. The molecule has 7 nitrogen and oxygen atoms in total. The Morgan fingerprint density at radius 2 is 1.86 bits per heavy atom. The second kappa shape index (κ2) is 11.2. The molecular weight excluding hydrogens is 488 g/mol. The standard InChI is InChI=1S/C29H32N2O5S/c1-7-35-26-21(10-9-11-22(26)34-6)25-24(28(33)36-8-2)18(5)30-29-31(25)27(32)23(37-29)16-19-12-14-20(15-13-19)17(3)4/h9-17,25H,7-8H2,1-6H3/b23-16+/t25-/m0/s1. The Labute approximate surface area is 220 Å². The van der Waals surface area contributed by atoms with Crippen LogP contribution in [-0.2, 0) is 9.53 Å². The van der Waals surface area contributed by atoms with Gasteiger partial charge in [0.05, 0.1) is 36.1 Å². The quantitative estimate of drug-likeness (QED) is 0.413. The van der Waals surface area contributed by atoms with Gasteiger partial charge in [-0.25, -0.2) is 9.79 Å². The van der Waals surface area contributed by atoms with Crippen molar-refractivity contribution in [3.8, 4) is 11.5 Å². The number of carbonyl (C=O) groups excluding carboxylic acids is 1. The Hall–Kier alpha value is -3.65. The van der Waals surface area contributed by atoms with Gasteiger partial charge in [-0.15, -0.1) is 0 Å².